The highest BCUT2D eigenvalue weighted by molar-refractivity contribution is 4.94. The highest BCUT2D eigenvalue weighted by atomic mass is 15.2. The Bertz CT molecular complexity index is 109. The summed E-state index contributed by atoms with van der Waals surface area (Å²) in [7, 11) is 2.24. The standard InChI is InChI=1S/C9H17N/c1-10-7-9(8-10)5-3-2-4-6-9/h2-8H2,1H3. The van der Waals surface area contributed by atoms with E-state index in [0.29, 0.717) is 0 Å². The first-order valence-electron chi connectivity index (χ1n) is 4.49. The van der Waals surface area contributed by atoms with Gasteiger partial charge in [-0.1, -0.05) is 19.3 Å². The lowest BCUT2D eigenvalue weighted by atomic mass is 9.69. The maximum absolute atomic E-state index is 2.45. The Morgan fingerprint density at radius 3 is 2.10 bits per heavy atom. The van der Waals surface area contributed by atoms with E-state index in [0.717, 1.165) is 5.41 Å². The molecule has 58 valence electrons. The van der Waals surface area contributed by atoms with Crippen LogP contribution in [0.25, 0.3) is 0 Å². The monoisotopic (exact) mass is 139 g/mol. The van der Waals surface area contributed by atoms with Crippen LogP contribution >= 0.6 is 0 Å². The molecule has 1 aliphatic carbocycles. The SMILES string of the molecule is CN1CC2(CCCCC2)C1. The molecule has 1 saturated heterocycles. The van der Waals surface area contributed by atoms with E-state index < -0.39 is 0 Å². The van der Waals surface area contributed by atoms with Crippen LogP contribution in [0, 0.1) is 5.41 Å². The van der Waals surface area contributed by atoms with Gasteiger partial charge < -0.3 is 4.90 Å². The Balaban J connectivity index is 1.90. The molecule has 0 atom stereocenters. The van der Waals surface area contributed by atoms with Crippen molar-refractivity contribution >= 4 is 0 Å². The summed E-state index contributed by atoms with van der Waals surface area (Å²) in [6, 6.07) is 0. The van der Waals surface area contributed by atoms with Crippen molar-refractivity contribution in [3.8, 4) is 0 Å². The van der Waals surface area contributed by atoms with Crippen molar-refractivity contribution in [2.24, 2.45) is 5.41 Å². The van der Waals surface area contributed by atoms with Crippen LogP contribution in [-0.4, -0.2) is 25.0 Å². The molecule has 0 unspecified atom stereocenters. The molecular formula is C9H17N. The Morgan fingerprint density at radius 1 is 1.00 bits per heavy atom. The predicted octanol–water partition coefficient (Wildman–Crippen LogP) is 1.88. The van der Waals surface area contributed by atoms with Crippen LogP contribution in [0.15, 0.2) is 0 Å². The summed E-state index contributed by atoms with van der Waals surface area (Å²) in [6.07, 6.45) is 7.50. The van der Waals surface area contributed by atoms with Crippen LogP contribution in [0.5, 0.6) is 0 Å². The molecular weight excluding hydrogens is 122 g/mol. The molecule has 2 fully saturated rings. The second-order valence-corrected chi connectivity index (χ2v) is 4.23. The maximum atomic E-state index is 2.45. The fourth-order valence-electron chi connectivity index (χ4n) is 2.72. The third kappa shape index (κ3) is 0.968. The molecule has 1 heteroatoms. The minimum absolute atomic E-state index is 0.799. The maximum Gasteiger partial charge on any atom is 0.00474 e. The number of rotatable bonds is 0. The zero-order chi connectivity index (χ0) is 7.03. The van der Waals surface area contributed by atoms with Gasteiger partial charge in [-0.05, 0) is 25.3 Å². The van der Waals surface area contributed by atoms with Crippen LogP contribution in [-0.2, 0) is 0 Å². The van der Waals surface area contributed by atoms with Gasteiger partial charge in [0.05, 0.1) is 0 Å². The second kappa shape index (κ2) is 2.23. The lowest BCUT2D eigenvalue weighted by Gasteiger charge is -2.51. The lowest BCUT2D eigenvalue weighted by molar-refractivity contribution is -0.00940. The first-order chi connectivity index (χ1) is 4.81. The molecule has 0 aromatic carbocycles. The molecule has 2 rings (SSSR count). The molecule has 0 aromatic heterocycles. The zero-order valence-corrected chi connectivity index (χ0v) is 6.90. The normalized spacial score (nSPS) is 32.1. The van der Waals surface area contributed by atoms with Crippen molar-refractivity contribution in [2.45, 2.75) is 32.1 Å². The van der Waals surface area contributed by atoms with Crippen molar-refractivity contribution < 1.29 is 0 Å². The first-order valence-corrected chi connectivity index (χ1v) is 4.49. The molecule has 1 aliphatic heterocycles. The van der Waals surface area contributed by atoms with Gasteiger partial charge in [-0.25, -0.2) is 0 Å². The van der Waals surface area contributed by atoms with Gasteiger partial charge in [-0.15, -0.1) is 0 Å². The summed E-state index contributed by atoms with van der Waals surface area (Å²) in [4.78, 5) is 2.45. The second-order valence-electron chi connectivity index (χ2n) is 4.23. The van der Waals surface area contributed by atoms with Gasteiger partial charge in [0.15, 0.2) is 0 Å². The average molecular weight is 139 g/mol. The number of hydrogen-bond acceptors (Lipinski definition) is 1. The topological polar surface area (TPSA) is 3.24 Å². The highest BCUT2D eigenvalue weighted by Crippen LogP contribution is 2.42. The molecule has 0 bridgehead atoms. The molecule has 1 heterocycles. The van der Waals surface area contributed by atoms with Crippen LogP contribution in [0.2, 0.25) is 0 Å². The summed E-state index contributed by atoms with van der Waals surface area (Å²) < 4.78 is 0. The molecule has 1 saturated carbocycles. The van der Waals surface area contributed by atoms with E-state index in [9.17, 15) is 0 Å². The summed E-state index contributed by atoms with van der Waals surface area (Å²) in [5.74, 6) is 0. The fourth-order valence-corrected chi connectivity index (χ4v) is 2.72. The summed E-state index contributed by atoms with van der Waals surface area (Å²) >= 11 is 0. The van der Waals surface area contributed by atoms with Crippen molar-refractivity contribution in [1.82, 2.24) is 4.90 Å². The van der Waals surface area contributed by atoms with E-state index in [1.54, 1.807) is 0 Å². The Kier molecular flexibility index (Phi) is 1.48. The van der Waals surface area contributed by atoms with Crippen LogP contribution in [0.3, 0.4) is 0 Å². The van der Waals surface area contributed by atoms with Crippen molar-refractivity contribution in [3.63, 3.8) is 0 Å². The quantitative estimate of drug-likeness (QED) is 0.495. The van der Waals surface area contributed by atoms with Gasteiger partial charge in [0.2, 0.25) is 0 Å². The van der Waals surface area contributed by atoms with Crippen molar-refractivity contribution in [2.75, 3.05) is 20.1 Å². The van der Waals surface area contributed by atoms with Gasteiger partial charge in [-0.3, -0.25) is 0 Å². The van der Waals surface area contributed by atoms with Gasteiger partial charge in [0.1, 0.15) is 0 Å². The summed E-state index contributed by atoms with van der Waals surface area (Å²) in [5.41, 5.74) is 0.799. The number of nitrogens with zero attached hydrogens (tertiary/aromatic N) is 1. The van der Waals surface area contributed by atoms with E-state index in [2.05, 4.69) is 11.9 Å². The summed E-state index contributed by atoms with van der Waals surface area (Å²) in [6.45, 7) is 2.76. The smallest absolute Gasteiger partial charge is 0.00474 e. The molecule has 0 aromatic rings. The Labute approximate surface area is 63.4 Å². The van der Waals surface area contributed by atoms with Crippen molar-refractivity contribution in [3.05, 3.63) is 0 Å². The van der Waals surface area contributed by atoms with Crippen LogP contribution < -0.4 is 0 Å². The molecule has 0 radical (unpaired) electrons. The summed E-state index contributed by atoms with van der Waals surface area (Å²) in [5, 5.41) is 0. The number of likely N-dealkylation sites (tertiary alicyclic amines) is 1. The number of hydrogen-bond donors (Lipinski definition) is 0. The van der Waals surface area contributed by atoms with E-state index in [-0.39, 0.29) is 0 Å². The van der Waals surface area contributed by atoms with Gasteiger partial charge in [0, 0.05) is 13.1 Å². The largest absolute Gasteiger partial charge is 0.305 e. The van der Waals surface area contributed by atoms with Crippen LogP contribution in [0.4, 0.5) is 0 Å². The van der Waals surface area contributed by atoms with Crippen LogP contribution in [0.1, 0.15) is 32.1 Å². The lowest BCUT2D eigenvalue weighted by Crippen LogP contribution is -2.54. The predicted molar refractivity (Wildman–Crippen MR) is 43.0 cm³/mol. The molecule has 10 heavy (non-hydrogen) atoms. The third-order valence-corrected chi connectivity index (χ3v) is 3.12. The van der Waals surface area contributed by atoms with Gasteiger partial charge in [-0.2, -0.15) is 0 Å². The Hall–Kier alpha value is -0.0400. The molecule has 1 spiro atoms. The van der Waals surface area contributed by atoms with Gasteiger partial charge >= 0.3 is 0 Å². The van der Waals surface area contributed by atoms with E-state index in [4.69, 9.17) is 0 Å². The minimum Gasteiger partial charge on any atom is -0.305 e. The minimum atomic E-state index is 0.799. The van der Waals surface area contributed by atoms with E-state index in [1.165, 1.54) is 45.2 Å². The van der Waals surface area contributed by atoms with E-state index in [1.807, 2.05) is 0 Å². The van der Waals surface area contributed by atoms with Crippen molar-refractivity contribution in [1.29, 1.82) is 0 Å². The molecule has 1 nitrogen and oxygen atoms in total. The van der Waals surface area contributed by atoms with Gasteiger partial charge in [0.25, 0.3) is 0 Å². The Morgan fingerprint density at radius 2 is 1.60 bits per heavy atom. The molecule has 0 N–H and O–H groups in total. The third-order valence-electron chi connectivity index (χ3n) is 3.12. The average Bonchev–Trinajstić information content (AvgIpc) is 1.87. The molecule has 2 aliphatic rings. The first kappa shape index (κ1) is 6.66. The fraction of sp³-hybridized carbons (Fsp3) is 1.00. The zero-order valence-electron chi connectivity index (χ0n) is 6.90. The van der Waals surface area contributed by atoms with E-state index >= 15 is 0 Å². The molecule has 0 amide bonds. The highest BCUT2D eigenvalue weighted by Gasteiger charge is 2.40.